The Labute approximate surface area is 145 Å². The maximum Gasteiger partial charge on any atom is 0.224 e. The molecular formula is C20H18N2O3. The Morgan fingerprint density at radius 3 is 2.76 bits per heavy atom. The van der Waals surface area contributed by atoms with Crippen LogP contribution in [0.4, 0.5) is 5.69 Å². The lowest BCUT2D eigenvalue weighted by atomic mass is 10.0. The Morgan fingerprint density at radius 2 is 2.00 bits per heavy atom. The monoisotopic (exact) mass is 334 g/mol. The molecule has 0 fully saturated rings. The summed E-state index contributed by atoms with van der Waals surface area (Å²) in [6.07, 6.45) is 4.41. The third-order valence-corrected chi connectivity index (χ3v) is 4.07. The van der Waals surface area contributed by atoms with E-state index in [0.29, 0.717) is 17.7 Å². The van der Waals surface area contributed by atoms with Crippen LogP contribution >= 0.6 is 0 Å². The minimum Gasteiger partial charge on any atom is -0.506 e. The summed E-state index contributed by atoms with van der Waals surface area (Å²) in [7, 11) is 0. The first kappa shape index (κ1) is 16.6. The van der Waals surface area contributed by atoms with Crippen LogP contribution in [0, 0.1) is 0 Å². The van der Waals surface area contributed by atoms with Crippen molar-refractivity contribution in [2.45, 2.75) is 19.8 Å². The number of phenols is 1. The number of phenolic OH excluding ortho intramolecular Hbond substituents is 1. The molecule has 1 aromatic heterocycles. The number of hydrogen-bond acceptors (Lipinski definition) is 4. The minimum absolute atomic E-state index is 0.114. The van der Waals surface area contributed by atoms with Crippen LogP contribution in [-0.4, -0.2) is 21.8 Å². The van der Waals surface area contributed by atoms with Gasteiger partial charge in [0.15, 0.2) is 5.78 Å². The van der Waals surface area contributed by atoms with Gasteiger partial charge in [-0.1, -0.05) is 18.2 Å². The van der Waals surface area contributed by atoms with Crippen LogP contribution < -0.4 is 5.32 Å². The van der Waals surface area contributed by atoms with Gasteiger partial charge in [-0.05, 0) is 48.6 Å². The van der Waals surface area contributed by atoms with E-state index in [1.807, 2.05) is 24.3 Å². The van der Waals surface area contributed by atoms with Crippen LogP contribution in [-0.2, 0) is 11.2 Å². The molecule has 0 aliphatic rings. The number of aromatic nitrogens is 1. The smallest absolute Gasteiger partial charge is 0.224 e. The van der Waals surface area contributed by atoms with Gasteiger partial charge in [0, 0.05) is 29.8 Å². The predicted molar refractivity (Wildman–Crippen MR) is 96.8 cm³/mol. The number of fused-ring (bicyclic) bond motifs is 1. The summed E-state index contributed by atoms with van der Waals surface area (Å²) < 4.78 is 0. The van der Waals surface area contributed by atoms with Gasteiger partial charge in [0.25, 0.3) is 0 Å². The number of nitrogens with zero attached hydrogens (tertiary/aromatic N) is 1. The number of hydrogen-bond donors (Lipinski definition) is 2. The zero-order valence-electron chi connectivity index (χ0n) is 13.8. The number of Topliss-reactive ketones (excluding diaryl/α,β-unsaturated/α-hetero) is 1. The van der Waals surface area contributed by atoms with Crippen molar-refractivity contribution in [3.8, 4) is 5.75 Å². The van der Waals surface area contributed by atoms with E-state index in [-0.39, 0.29) is 23.9 Å². The molecule has 5 nitrogen and oxygen atoms in total. The number of carbonyl (C=O) groups excluding carboxylic acids is 2. The molecule has 0 spiro atoms. The molecule has 1 amide bonds. The van der Waals surface area contributed by atoms with Gasteiger partial charge in [-0.3, -0.25) is 14.6 Å². The predicted octanol–water partition coefficient (Wildman–Crippen LogP) is 3.71. The second-order valence-corrected chi connectivity index (χ2v) is 5.85. The number of aromatic hydroxyl groups is 1. The average Bonchev–Trinajstić information content (AvgIpc) is 2.61. The lowest BCUT2D eigenvalue weighted by Gasteiger charge is -2.09. The van der Waals surface area contributed by atoms with Crippen molar-refractivity contribution in [1.29, 1.82) is 0 Å². The van der Waals surface area contributed by atoms with Crippen molar-refractivity contribution < 1.29 is 14.7 Å². The first-order chi connectivity index (χ1) is 12.0. The number of anilines is 1. The number of nitrogens with one attached hydrogen (secondary N) is 1. The van der Waals surface area contributed by atoms with Crippen LogP contribution in [0.3, 0.4) is 0 Å². The zero-order valence-corrected chi connectivity index (χ0v) is 13.8. The molecule has 0 unspecified atom stereocenters. The largest absolute Gasteiger partial charge is 0.506 e. The van der Waals surface area contributed by atoms with Gasteiger partial charge in [-0.2, -0.15) is 0 Å². The van der Waals surface area contributed by atoms with E-state index in [4.69, 9.17) is 0 Å². The van der Waals surface area contributed by atoms with Crippen molar-refractivity contribution in [3.05, 3.63) is 66.0 Å². The number of ketones is 1. The quantitative estimate of drug-likeness (QED) is 0.550. The Hall–Kier alpha value is -3.21. The lowest BCUT2D eigenvalue weighted by Crippen LogP contribution is -2.12. The maximum absolute atomic E-state index is 12.2. The van der Waals surface area contributed by atoms with E-state index in [1.54, 1.807) is 18.5 Å². The lowest BCUT2D eigenvalue weighted by molar-refractivity contribution is -0.116. The number of rotatable bonds is 5. The highest BCUT2D eigenvalue weighted by atomic mass is 16.3. The summed E-state index contributed by atoms with van der Waals surface area (Å²) >= 11 is 0. The Balaban J connectivity index is 1.68. The summed E-state index contributed by atoms with van der Waals surface area (Å²) in [5.41, 5.74) is 1.78. The number of carbonyl (C=O) groups is 2. The first-order valence-corrected chi connectivity index (χ1v) is 8.00. The van der Waals surface area contributed by atoms with Gasteiger partial charge >= 0.3 is 0 Å². The highest BCUT2D eigenvalue weighted by Gasteiger charge is 2.10. The first-order valence-electron chi connectivity index (χ1n) is 8.00. The SMILES string of the molecule is CC(=O)c1ccc(NC(=O)CCc2cccc3cnccc23)c(O)c1. The molecule has 0 aliphatic carbocycles. The maximum atomic E-state index is 12.2. The molecule has 0 bridgehead atoms. The van der Waals surface area contributed by atoms with Crippen molar-refractivity contribution >= 4 is 28.2 Å². The fourth-order valence-electron chi connectivity index (χ4n) is 2.72. The molecule has 0 radical (unpaired) electrons. The molecule has 5 heteroatoms. The van der Waals surface area contributed by atoms with E-state index >= 15 is 0 Å². The summed E-state index contributed by atoms with van der Waals surface area (Å²) in [4.78, 5) is 27.6. The molecule has 0 aliphatic heterocycles. The third-order valence-electron chi connectivity index (χ3n) is 4.07. The van der Waals surface area contributed by atoms with E-state index in [1.165, 1.54) is 19.1 Å². The van der Waals surface area contributed by atoms with Crippen LogP contribution in [0.15, 0.2) is 54.9 Å². The number of pyridine rings is 1. The Kier molecular flexibility index (Phi) is 4.75. The third kappa shape index (κ3) is 3.83. The van der Waals surface area contributed by atoms with E-state index in [0.717, 1.165) is 16.3 Å². The highest BCUT2D eigenvalue weighted by Crippen LogP contribution is 2.25. The topological polar surface area (TPSA) is 79.3 Å². The summed E-state index contributed by atoms with van der Waals surface area (Å²) in [6, 6.07) is 12.3. The van der Waals surface area contributed by atoms with Crippen molar-refractivity contribution in [2.24, 2.45) is 0 Å². The van der Waals surface area contributed by atoms with E-state index in [2.05, 4.69) is 10.3 Å². The molecule has 0 saturated carbocycles. The van der Waals surface area contributed by atoms with Crippen LogP contribution in [0.1, 0.15) is 29.3 Å². The van der Waals surface area contributed by atoms with Crippen LogP contribution in [0.5, 0.6) is 5.75 Å². The fourth-order valence-corrected chi connectivity index (χ4v) is 2.72. The molecule has 2 aromatic carbocycles. The van der Waals surface area contributed by atoms with Crippen LogP contribution in [0.25, 0.3) is 10.8 Å². The molecule has 3 aromatic rings. The number of amides is 1. The van der Waals surface area contributed by atoms with Crippen molar-refractivity contribution in [3.63, 3.8) is 0 Å². The van der Waals surface area contributed by atoms with Crippen molar-refractivity contribution in [1.82, 2.24) is 4.98 Å². The van der Waals surface area contributed by atoms with Gasteiger partial charge in [0.1, 0.15) is 5.75 Å². The van der Waals surface area contributed by atoms with Crippen LogP contribution in [0.2, 0.25) is 0 Å². The second kappa shape index (κ2) is 7.13. The molecule has 3 rings (SSSR count). The number of aryl methyl sites for hydroxylation is 1. The zero-order chi connectivity index (χ0) is 17.8. The Morgan fingerprint density at radius 1 is 1.16 bits per heavy atom. The summed E-state index contributed by atoms with van der Waals surface area (Å²) in [6.45, 7) is 1.42. The number of benzene rings is 2. The molecule has 1 heterocycles. The molecule has 0 saturated heterocycles. The minimum atomic E-state index is -0.197. The molecule has 25 heavy (non-hydrogen) atoms. The molecular weight excluding hydrogens is 316 g/mol. The van der Waals surface area contributed by atoms with Gasteiger partial charge < -0.3 is 10.4 Å². The Bertz CT molecular complexity index is 945. The fraction of sp³-hybridized carbons (Fsp3) is 0.150. The molecule has 0 atom stereocenters. The van der Waals surface area contributed by atoms with E-state index in [9.17, 15) is 14.7 Å². The standard InChI is InChI=1S/C20H18N2O3/c1-13(23)15-5-7-18(19(24)11-15)22-20(25)8-6-14-3-2-4-16-12-21-10-9-17(14)16/h2-5,7,9-12,24H,6,8H2,1H3,(H,22,25). The van der Waals surface area contributed by atoms with Gasteiger partial charge in [-0.15, -0.1) is 0 Å². The average molecular weight is 334 g/mol. The second-order valence-electron chi connectivity index (χ2n) is 5.85. The summed E-state index contributed by atoms with van der Waals surface area (Å²) in [5.74, 6) is -0.451. The highest BCUT2D eigenvalue weighted by molar-refractivity contribution is 5.97. The van der Waals surface area contributed by atoms with Gasteiger partial charge in [0.2, 0.25) is 5.91 Å². The van der Waals surface area contributed by atoms with Crippen molar-refractivity contribution in [2.75, 3.05) is 5.32 Å². The normalized spacial score (nSPS) is 10.6. The van der Waals surface area contributed by atoms with Gasteiger partial charge in [0.05, 0.1) is 5.69 Å². The summed E-state index contributed by atoms with van der Waals surface area (Å²) in [5, 5.41) is 14.7. The molecule has 2 N–H and O–H groups in total. The van der Waals surface area contributed by atoms with E-state index < -0.39 is 0 Å². The molecule has 126 valence electrons. The van der Waals surface area contributed by atoms with Gasteiger partial charge in [-0.25, -0.2) is 0 Å².